The molecule has 3 aromatic rings. The molecule has 0 unspecified atom stereocenters. The fourth-order valence-corrected chi connectivity index (χ4v) is 4.44. The second-order valence-corrected chi connectivity index (χ2v) is 9.52. The molecule has 1 aromatic carbocycles. The van der Waals surface area contributed by atoms with Gasteiger partial charge in [0.25, 0.3) is 0 Å². The van der Waals surface area contributed by atoms with Gasteiger partial charge < -0.3 is 29.7 Å². The van der Waals surface area contributed by atoms with E-state index in [0.717, 1.165) is 5.56 Å². The first-order chi connectivity index (χ1) is 15.8. The molecular weight excluding hydrogens is 456 g/mol. The number of benzene rings is 1. The minimum atomic E-state index is -3.73. The van der Waals surface area contributed by atoms with Gasteiger partial charge in [-0.1, -0.05) is 6.07 Å². The van der Waals surface area contributed by atoms with Crippen LogP contribution in [0.5, 0.6) is 11.5 Å². The van der Waals surface area contributed by atoms with Crippen LogP contribution in [0.2, 0.25) is 0 Å². The van der Waals surface area contributed by atoms with Crippen LogP contribution in [-0.4, -0.2) is 69.0 Å². The summed E-state index contributed by atoms with van der Waals surface area (Å²) in [6, 6.07) is 5.61. The summed E-state index contributed by atoms with van der Waals surface area (Å²) in [5, 5.41) is 29.1. The Balaban J connectivity index is 1.34. The Bertz CT molecular complexity index is 1280. The maximum Gasteiger partial charge on any atom is 0.231 e. The summed E-state index contributed by atoms with van der Waals surface area (Å²) >= 11 is 0. The highest BCUT2D eigenvalue weighted by molar-refractivity contribution is 7.89. The molecule has 33 heavy (non-hydrogen) atoms. The van der Waals surface area contributed by atoms with Gasteiger partial charge in [0.15, 0.2) is 34.7 Å². The van der Waals surface area contributed by atoms with E-state index in [1.54, 1.807) is 0 Å². The number of imidazole rings is 1. The van der Waals surface area contributed by atoms with Crippen molar-refractivity contribution in [3.8, 4) is 11.5 Å². The van der Waals surface area contributed by atoms with Crippen LogP contribution in [0.1, 0.15) is 18.2 Å². The Morgan fingerprint density at radius 2 is 1.97 bits per heavy atom. The van der Waals surface area contributed by atoms with Crippen molar-refractivity contribution in [3.63, 3.8) is 0 Å². The van der Waals surface area contributed by atoms with Gasteiger partial charge in [0.2, 0.25) is 16.8 Å². The van der Waals surface area contributed by atoms with Gasteiger partial charge in [-0.05, 0) is 24.1 Å². The number of ether oxygens (including phenoxy) is 3. The zero-order chi connectivity index (χ0) is 23.2. The first kappa shape index (κ1) is 21.8. The Morgan fingerprint density at radius 1 is 1.15 bits per heavy atom. The molecular formula is C19H22N6O7S. The maximum absolute atomic E-state index is 11.2. The van der Waals surface area contributed by atoms with Gasteiger partial charge in [-0.25, -0.2) is 28.5 Å². The molecule has 2 aliphatic heterocycles. The number of hydrogen-bond acceptors (Lipinski definition) is 11. The molecule has 2 aliphatic rings. The first-order valence-corrected chi connectivity index (χ1v) is 11.8. The van der Waals surface area contributed by atoms with Gasteiger partial charge in [-0.3, -0.25) is 4.57 Å². The van der Waals surface area contributed by atoms with Crippen molar-refractivity contribution in [3.05, 3.63) is 36.4 Å². The summed E-state index contributed by atoms with van der Waals surface area (Å²) in [6.07, 6.45) is -1.81. The molecule has 5 N–H and O–H groups in total. The van der Waals surface area contributed by atoms with E-state index < -0.39 is 34.6 Å². The average Bonchev–Trinajstić information content (AvgIpc) is 3.49. The van der Waals surface area contributed by atoms with Crippen LogP contribution in [0.25, 0.3) is 11.2 Å². The van der Waals surface area contributed by atoms with Crippen molar-refractivity contribution in [2.75, 3.05) is 17.9 Å². The number of hydrogen-bond donors (Lipinski definition) is 4. The molecule has 2 aromatic heterocycles. The quantitative estimate of drug-likeness (QED) is 0.342. The lowest BCUT2D eigenvalue weighted by molar-refractivity contribution is -0.0353. The van der Waals surface area contributed by atoms with Crippen molar-refractivity contribution in [2.45, 2.75) is 37.5 Å². The van der Waals surface area contributed by atoms with E-state index in [4.69, 9.17) is 19.3 Å². The van der Waals surface area contributed by atoms with Crippen molar-refractivity contribution in [2.24, 2.45) is 5.14 Å². The summed E-state index contributed by atoms with van der Waals surface area (Å²) < 4.78 is 40.4. The molecule has 4 heterocycles. The van der Waals surface area contributed by atoms with E-state index in [1.165, 1.54) is 17.2 Å². The summed E-state index contributed by atoms with van der Waals surface area (Å²) in [7, 11) is -3.73. The lowest BCUT2D eigenvalue weighted by atomic mass is 10.1. The van der Waals surface area contributed by atoms with Crippen LogP contribution >= 0.6 is 0 Å². The SMILES string of the molecule is NS(=O)(=O)CC[C@H]1O[C@@H](n2cnc3c(NCc4ccc5c(c4)OCO5)ncnc32)[C@H](O)[C@@H]1O. The monoisotopic (exact) mass is 478 g/mol. The number of sulfonamides is 1. The molecule has 176 valence electrons. The van der Waals surface area contributed by atoms with Gasteiger partial charge in [0, 0.05) is 6.54 Å². The van der Waals surface area contributed by atoms with E-state index in [1.807, 2.05) is 18.2 Å². The van der Waals surface area contributed by atoms with Crippen LogP contribution in [-0.2, 0) is 21.3 Å². The van der Waals surface area contributed by atoms with Crippen molar-refractivity contribution in [1.29, 1.82) is 0 Å². The summed E-state index contributed by atoms with van der Waals surface area (Å²) in [5.41, 5.74) is 1.76. The van der Waals surface area contributed by atoms with Crippen molar-refractivity contribution < 1.29 is 32.8 Å². The molecule has 0 saturated carbocycles. The van der Waals surface area contributed by atoms with E-state index in [2.05, 4.69) is 20.3 Å². The Morgan fingerprint density at radius 3 is 2.79 bits per heavy atom. The zero-order valence-corrected chi connectivity index (χ0v) is 18.1. The molecule has 5 rings (SSSR count). The molecule has 4 atom stereocenters. The smallest absolute Gasteiger partial charge is 0.231 e. The number of fused-ring (bicyclic) bond motifs is 2. The van der Waals surface area contributed by atoms with Gasteiger partial charge in [-0.2, -0.15) is 0 Å². The molecule has 13 nitrogen and oxygen atoms in total. The van der Waals surface area contributed by atoms with Gasteiger partial charge in [-0.15, -0.1) is 0 Å². The first-order valence-electron chi connectivity index (χ1n) is 10.1. The average molecular weight is 478 g/mol. The number of aliphatic hydroxyl groups excluding tert-OH is 2. The Labute approximate surface area is 188 Å². The number of nitrogens with zero attached hydrogens (tertiary/aromatic N) is 4. The third-order valence-electron chi connectivity index (χ3n) is 5.55. The molecule has 1 saturated heterocycles. The molecule has 0 spiro atoms. The van der Waals surface area contributed by atoms with E-state index >= 15 is 0 Å². The van der Waals surface area contributed by atoms with Gasteiger partial charge in [0.1, 0.15) is 18.5 Å². The largest absolute Gasteiger partial charge is 0.454 e. The summed E-state index contributed by atoms with van der Waals surface area (Å²) in [6.45, 7) is 0.634. The second-order valence-electron chi connectivity index (χ2n) is 7.79. The van der Waals surface area contributed by atoms with Gasteiger partial charge in [0.05, 0.1) is 18.2 Å². The molecule has 0 aliphatic carbocycles. The lowest BCUT2D eigenvalue weighted by Gasteiger charge is -2.16. The van der Waals surface area contributed by atoms with E-state index in [9.17, 15) is 18.6 Å². The fraction of sp³-hybridized carbons (Fsp3) is 0.421. The van der Waals surface area contributed by atoms with Crippen molar-refractivity contribution >= 4 is 27.0 Å². The number of aromatic nitrogens is 4. The number of nitrogens with one attached hydrogen (secondary N) is 1. The number of anilines is 1. The molecule has 14 heteroatoms. The lowest BCUT2D eigenvalue weighted by Crippen LogP contribution is -2.33. The van der Waals surface area contributed by atoms with E-state index in [0.29, 0.717) is 35.0 Å². The highest BCUT2D eigenvalue weighted by Crippen LogP contribution is 2.34. The summed E-state index contributed by atoms with van der Waals surface area (Å²) in [5.74, 6) is 1.46. The second kappa shape index (κ2) is 8.39. The third-order valence-corrected chi connectivity index (χ3v) is 6.36. The van der Waals surface area contributed by atoms with Crippen LogP contribution in [0.15, 0.2) is 30.9 Å². The topological polar surface area (TPSA) is 184 Å². The maximum atomic E-state index is 11.2. The Hall–Kier alpha value is -3.04. The number of primary sulfonamides is 1. The standard InChI is InChI=1S/C19H22N6O7S/c20-33(28,29)4-3-12-15(26)16(27)19(32-12)25-8-24-14-17(22-7-23-18(14)25)21-6-10-1-2-11-13(5-10)31-9-30-11/h1-2,5,7-8,12,15-16,19,26-27H,3-4,6,9H2,(H2,20,28,29)(H,21,22,23)/t12-,15-,16-,19-/m1/s1. The highest BCUT2D eigenvalue weighted by atomic mass is 32.2. The molecule has 0 bridgehead atoms. The normalized spacial score (nSPS) is 24.5. The number of nitrogens with two attached hydrogens (primary N) is 1. The third kappa shape index (κ3) is 4.30. The number of rotatable bonds is 7. The number of aliphatic hydroxyl groups is 2. The van der Waals surface area contributed by atoms with E-state index in [-0.39, 0.29) is 19.0 Å². The zero-order valence-electron chi connectivity index (χ0n) is 17.2. The molecule has 0 amide bonds. The molecule has 1 fully saturated rings. The van der Waals surface area contributed by atoms with Crippen LogP contribution in [0.4, 0.5) is 5.82 Å². The van der Waals surface area contributed by atoms with Crippen LogP contribution < -0.4 is 19.9 Å². The van der Waals surface area contributed by atoms with Crippen LogP contribution in [0, 0.1) is 0 Å². The predicted molar refractivity (Wildman–Crippen MR) is 114 cm³/mol. The van der Waals surface area contributed by atoms with Gasteiger partial charge >= 0.3 is 0 Å². The minimum Gasteiger partial charge on any atom is -0.454 e. The van der Waals surface area contributed by atoms with Crippen molar-refractivity contribution in [1.82, 2.24) is 19.5 Å². The fourth-order valence-electron chi connectivity index (χ4n) is 3.88. The Kier molecular flexibility index (Phi) is 5.54. The predicted octanol–water partition coefficient (Wildman–Crippen LogP) is -0.535. The summed E-state index contributed by atoms with van der Waals surface area (Å²) in [4.78, 5) is 12.8. The highest BCUT2D eigenvalue weighted by Gasteiger charge is 2.44. The molecule has 0 radical (unpaired) electrons. The minimum absolute atomic E-state index is 0.0580. The van der Waals surface area contributed by atoms with Crippen LogP contribution in [0.3, 0.4) is 0 Å².